The molecule has 0 saturated carbocycles. The Balaban J connectivity index is 1.91. The zero-order chi connectivity index (χ0) is 17.1. The lowest BCUT2D eigenvalue weighted by Crippen LogP contribution is -2.31. The van der Waals surface area contributed by atoms with Crippen molar-refractivity contribution in [3.05, 3.63) is 70.5 Å². The van der Waals surface area contributed by atoms with E-state index in [9.17, 15) is 9.18 Å². The summed E-state index contributed by atoms with van der Waals surface area (Å²) in [6.07, 6.45) is 1.61. The zero-order valence-electron chi connectivity index (χ0n) is 12.8. The molecule has 2 aromatic carbocycles. The molecule has 4 nitrogen and oxygen atoms in total. The average Bonchev–Trinajstić information content (AvgIpc) is 3.05. The first-order valence-corrected chi connectivity index (χ1v) is 8.12. The maximum absolute atomic E-state index is 14.0. The molecular weight excluding hydrogens is 377 g/mol. The van der Waals surface area contributed by atoms with Gasteiger partial charge in [0.15, 0.2) is 11.5 Å². The molecule has 1 aliphatic rings. The molecule has 0 aromatic heterocycles. The first kappa shape index (κ1) is 16.5. The van der Waals surface area contributed by atoms with Gasteiger partial charge in [-0.1, -0.05) is 28.1 Å². The van der Waals surface area contributed by atoms with Crippen molar-refractivity contribution >= 4 is 21.8 Å². The van der Waals surface area contributed by atoms with Crippen molar-refractivity contribution in [2.75, 3.05) is 13.3 Å². The monoisotopic (exact) mass is 391 g/mol. The SMILES string of the molecule is C=CCN(Cc1cc(Br)ccc1F)C(=O)c1cccc2c1OCO2. The minimum Gasteiger partial charge on any atom is -0.454 e. The predicted octanol–water partition coefficient (Wildman–Crippen LogP) is 4.15. The van der Waals surface area contributed by atoms with Gasteiger partial charge in [0.2, 0.25) is 6.79 Å². The lowest BCUT2D eigenvalue weighted by Gasteiger charge is -2.22. The second-order valence-corrected chi connectivity index (χ2v) is 6.17. The number of nitrogens with zero attached hydrogens (tertiary/aromatic N) is 1. The normalized spacial score (nSPS) is 12.1. The van der Waals surface area contributed by atoms with Crippen LogP contribution in [0.3, 0.4) is 0 Å². The molecule has 24 heavy (non-hydrogen) atoms. The molecule has 124 valence electrons. The molecule has 1 aliphatic heterocycles. The molecule has 0 aliphatic carbocycles. The Kier molecular flexibility index (Phi) is 4.85. The highest BCUT2D eigenvalue weighted by atomic mass is 79.9. The molecule has 0 N–H and O–H groups in total. The van der Waals surface area contributed by atoms with E-state index < -0.39 is 0 Å². The average molecular weight is 392 g/mol. The van der Waals surface area contributed by atoms with Crippen LogP contribution in [-0.4, -0.2) is 24.1 Å². The summed E-state index contributed by atoms with van der Waals surface area (Å²) < 4.78 is 25.5. The van der Waals surface area contributed by atoms with Crippen LogP contribution in [0.25, 0.3) is 0 Å². The number of fused-ring (bicyclic) bond motifs is 1. The Labute approximate surface area is 147 Å². The molecular formula is C18H15BrFNO3. The van der Waals surface area contributed by atoms with Gasteiger partial charge in [0.1, 0.15) is 5.82 Å². The molecule has 1 amide bonds. The first-order chi connectivity index (χ1) is 11.6. The lowest BCUT2D eigenvalue weighted by atomic mass is 10.1. The van der Waals surface area contributed by atoms with E-state index in [1.165, 1.54) is 11.0 Å². The molecule has 0 saturated heterocycles. The summed E-state index contributed by atoms with van der Waals surface area (Å²) in [7, 11) is 0. The number of rotatable bonds is 5. The van der Waals surface area contributed by atoms with Crippen LogP contribution >= 0.6 is 15.9 Å². The van der Waals surface area contributed by atoms with Crippen molar-refractivity contribution in [3.8, 4) is 11.5 Å². The lowest BCUT2D eigenvalue weighted by molar-refractivity contribution is 0.0756. The second-order valence-electron chi connectivity index (χ2n) is 5.25. The van der Waals surface area contributed by atoms with E-state index in [0.717, 1.165) is 4.47 Å². The van der Waals surface area contributed by atoms with E-state index in [2.05, 4.69) is 22.5 Å². The van der Waals surface area contributed by atoms with Crippen molar-refractivity contribution in [3.63, 3.8) is 0 Å². The number of ether oxygens (including phenoxy) is 2. The number of amides is 1. The number of hydrogen-bond acceptors (Lipinski definition) is 3. The fourth-order valence-electron chi connectivity index (χ4n) is 2.51. The van der Waals surface area contributed by atoms with E-state index >= 15 is 0 Å². The van der Waals surface area contributed by atoms with Crippen LogP contribution in [0.2, 0.25) is 0 Å². The molecule has 0 fully saturated rings. The molecule has 1 heterocycles. The van der Waals surface area contributed by atoms with Crippen molar-refractivity contribution in [1.29, 1.82) is 0 Å². The summed E-state index contributed by atoms with van der Waals surface area (Å²) >= 11 is 3.32. The molecule has 0 spiro atoms. The maximum atomic E-state index is 14.0. The third-order valence-corrected chi connectivity index (χ3v) is 4.13. The third-order valence-electron chi connectivity index (χ3n) is 3.63. The zero-order valence-corrected chi connectivity index (χ0v) is 14.4. The molecule has 3 rings (SSSR count). The Morgan fingerprint density at radius 2 is 2.17 bits per heavy atom. The molecule has 0 atom stereocenters. The standard InChI is InChI=1S/C18H15BrFNO3/c1-2-8-21(10-12-9-13(19)6-7-15(12)20)18(22)14-4-3-5-16-17(14)24-11-23-16/h2-7,9H,1,8,10-11H2. The van der Waals surface area contributed by atoms with Gasteiger partial charge in [0.25, 0.3) is 5.91 Å². The van der Waals surface area contributed by atoms with Gasteiger partial charge in [-0.15, -0.1) is 6.58 Å². The molecule has 0 radical (unpaired) electrons. The predicted molar refractivity (Wildman–Crippen MR) is 91.6 cm³/mol. The van der Waals surface area contributed by atoms with E-state index in [0.29, 0.717) is 22.6 Å². The van der Waals surface area contributed by atoms with Crippen LogP contribution in [0.15, 0.2) is 53.5 Å². The molecule has 0 bridgehead atoms. The minimum absolute atomic E-state index is 0.0847. The Hall–Kier alpha value is -2.34. The highest BCUT2D eigenvalue weighted by Crippen LogP contribution is 2.36. The fourth-order valence-corrected chi connectivity index (χ4v) is 2.92. The van der Waals surface area contributed by atoms with E-state index in [1.54, 1.807) is 36.4 Å². The Morgan fingerprint density at radius 3 is 2.96 bits per heavy atom. The van der Waals surface area contributed by atoms with Gasteiger partial charge in [-0.05, 0) is 30.3 Å². The Bertz CT molecular complexity index is 794. The van der Waals surface area contributed by atoms with Crippen LogP contribution in [0.1, 0.15) is 15.9 Å². The van der Waals surface area contributed by atoms with E-state index in [1.807, 2.05) is 0 Å². The quantitative estimate of drug-likeness (QED) is 0.718. The summed E-state index contributed by atoms with van der Waals surface area (Å²) in [4.78, 5) is 14.4. The number of carbonyl (C=O) groups is 1. The summed E-state index contributed by atoms with van der Waals surface area (Å²) in [6, 6.07) is 9.79. The van der Waals surface area contributed by atoms with Crippen molar-refractivity contribution in [1.82, 2.24) is 4.90 Å². The van der Waals surface area contributed by atoms with Crippen LogP contribution < -0.4 is 9.47 Å². The third kappa shape index (κ3) is 3.28. The largest absolute Gasteiger partial charge is 0.454 e. The fraction of sp³-hybridized carbons (Fsp3) is 0.167. The number of hydrogen-bond donors (Lipinski definition) is 0. The molecule has 2 aromatic rings. The van der Waals surface area contributed by atoms with Crippen LogP contribution in [0.5, 0.6) is 11.5 Å². The highest BCUT2D eigenvalue weighted by Gasteiger charge is 2.25. The first-order valence-electron chi connectivity index (χ1n) is 7.33. The van der Waals surface area contributed by atoms with Crippen molar-refractivity contribution < 1.29 is 18.7 Å². The van der Waals surface area contributed by atoms with Gasteiger partial charge in [0.05, 0.1) is 5.56 Å². The number of benzene rings is 2. The van der Waals surface area contributed by atoms with Gasteiger partial charge >= 0.3 is 0 Å². The Morgan fingerprint density at radius 1 is 1.33 bits per heavy atom. The van der Waals surface area contributed by atoms with Gasteiger partial charge in [0, 0.05) is 23.1 Å². The van der Waals surface area contributed by atoms with Crippen molar-refractivity contribution in [2.45, 2.75) is 6.54 Å². The number of halogens is 2. The summed E-state index contributed by atoms with van der Waals surface area (Å²) in [5.41, 5.74) is 0.812. The van der Waals surface area contributed by atoms with Crippen molar-refractivity contribution in [2.24, 2.45) is 0 Å². The van der Waals surface area contributed by atoms with Crippen LogP contribution in [0, 0.1) is 5.82 Å². The molecule has 0 unspecified atom stereocenters. The summed E-state index contributed by atoms with van der Waals surface area (Å²) in [5.74, 6) is 0.328. The van der Waals surface area contributed by atoms with Crippen LogP contribution in [-0.2, 0) is 6.54 Å². The van der Waals surface area contributed by atoms with Gasteiger partial charge < -0.3 is 14.4 Å². The molecule has 6 heteroatoms. The minimum atomic E-state index is -0.363. The van der Waals surface area contributed by atoms with Gasteiger partial charge in [-0.2, -0.15) is 0 Å². The summed E-state index contributed by atoms with van der Waals surface area (Å²) in [6.45, 7) is 4.18. The van der Waals surface area contributed by atoms with Gasteiger partial charge in [-0.25, -0.2) is 4.39 Å². The second kappa shape index (κ2) is 7.05. The summed E-state index contributed by atoms with van der Waals surface area (Å²) in [5, 5.41) is 0. The maximum Gasteiger partial charge on any atom is 0.258 e. The van der Waals surface area contributed by atoms with Gasteiger partial charge in [-0.3, -0.25) is 4.79 Å². The highest BCUT2D eigenvalue weighted by molar-refractivity contribution is 9.10. The van der Waals surface area contributed by atoms with Crippen LogP contribution in [0.4, 0.5) is 4.39 Å². The van der Waals surface area contributed by atoms with E-state index in [4.69, 9.17) is 9.47 Å². The van der Waals surface area contributed by atoms with E-state index in [-0.39, 0.29) is 31.6 Å². The number of para-hydroxylation sites is 1. The smallest absolute Gasteiger partial charge is 0.258 e. The number of carbonyl (C=O) groups excluding carboxylic acids is 1. The topological polar surface area (TPSA) is 38.8 Å².